The monoisotopic (exact) mass is 308 g/mol. The molecule has 1 rings (SSSR count). The van der Waals surface area contributed by atoms with Crippen molar-refractivity contribution in [2.45, 2.75) is 12.8 Å². The lowest BCUT2D eigenvalue weighted by Crippen LogP contribution is -2.10. The fourth-order valence-electron chi connectivity index (χ4n) is 1.54. The first-order valence-electron chi connectivity index (χ1n) is 6.12. The SMILES string of the molecule is C=C(CC/C(=C\C(=O)c1cccs1)C(=O)OC)C(=O)OC. The highest BCUT2D eigenvalue weighted by Gasteiger charge is 2.15. The second-order valence-corrected chi connectivity index (χ2v) is 5.05. The molecule has 0 atom stereocenters. The maximum absolute atomic E-state index is 12.0. The van der Waals surface area contributed by atoms with Crippen molar-refractivity contribution in [2.75, 3.05) is 14.2 Å². The first-order chi connectivity index (χ1) is 9.99. The summed E-state index contributed by atoms with van der Waals surface area (Å²) in [5, 5.41) is 1.78. The molecule has 0 spiro atoms. The van der Waals surface area contributed by atoms with Crippen molar-refractivity contribution in [3.05, 3.63) is 46.2 Å². The van der Waals surface area contributed by atoms with Crippen LogP contribution < -0.4 is 0 Å². The maximum atomic E-state index is 12.0. The summed E-state index contributed by atoms with van der Waals surface area (Å²) in [6, 6.07) is 3.43. The number of rotatable bonds is 7. The fourth-order valence-corrected chi connectivity index (χ4v) is 2.18. The van der Waals surface area contributed by atoms with E-state index in [-0.39, 0.29) is 29.8 Å². The minimum atomic E-state index is -0.599. The fraction of sp³-hybridized carbons (Fsp3) is 0.267. The molecule has 21 heavy (non-hydrogen) atoms. The van der Waals surface area contributed by atoms with Crippen molar-refractivity contribution in [3.8, 4) is 0 Å². The molecule has 0 N–H and O–H groups in total. The molecule has 0 radical (unpaired) electrons. The van der Waals surface area contributed by atoms with Crippen LogP contribution in [0.4, 0.5) is 0 Å². The Hall–Kier alpha value is -2.21. The van der Waals surface area contributed by atoms with Gasteiger partial charge in [0, 0.05) is 11.1 Å². The van der Waals surface area contributed by atoms with Crippen LogP contribution in [0, 0.1) is 0 Å². The zero-order valence-electron chi connectivity index (χ0n) is 11.9. The summed E-state index contributed by atoms with van der Waals surface area (Å²) in [5.74, 6) is -1.41. The number of hydrogen-bond acceptors (Lipinski definition) is 6. The van der Waals surface area contributed by atoms with Gasteiger partial charge in [0.05, 0.1) is 19.1 Å². The molecule has 0 aliphatic carbocycles. The van der Waals surface area contributed by atoms with Crippen molar-refractivity contribution in [3.63, 3.8) is 0 Å². The van der Waals surface area contributed by atoms with Crippen molar-refractivity contribution < 1.29 is 23.9 Å². The first kappa shape index (κ1) is 16.8. The predicted octanol–water partition coefficient (Wildman–Crippen LogP) is 2.54. The molecule has 0 aliphatic heterocycles. The van der Waals surface area contributed by atoms with Crippen molar-refractivity contribution in [1.82, 2.24) is 0 Å². The molecule has 0 fully saturated rings. The summed E-state index contributed by atoms with van der Waals surface area (Å²) >= 11 is 1.29. The average molecular weight is 308 g/mol. The van der Waals surface area contributed by atoms with E-state index in [9.17, 15) is 14.4 Å². The number of carbonyl (C=O) groups is 3. The minimum Gasteiger partial charge on any atom is -0.466 e. The Morgan fingerprint density at radius 1 is 1.19 bits per heavy atom. The quantitative estimate of drug-likeness (QED) is 0.440. The number of esters is 2. The number of ketones is 1. The molecule has 0 aliphatic rings. The van der Waals surface area contributed by atoms with Crippen LogP contribution in [-0.4, -0.2) is 31.9 Å². The molecule has 1 heterocycles. The lowest BCUT2D eigenvalue weighted by atomic mass is 10.0. The summed E-state index contributed by atoms with van der Waals surface area (Å²) in [6.07, 6.45) is 1.63. The molecule has 0 amide bonds. The number of carbonyl (C=O) groups excluding carboxylic acids is 3. The molecule has 6 heteroatoms. The van der Waals surface area contributed by atoms with Gasteiger partial charge in [-0.15, -0.1) is 11.3 Å². The van der Waals surface area contributed by atoms with Gasteiger partial charge in [0.25, 0.3) is 0 Å². The zero-order chi connectivity index (χ0) is 15.8. The molecular formula is C15H16O5S. The van der Waals surface area contributed by atoms with E-state index in [1.807, 2.05) is 0 Å². The molecule has 0 saturated carbocycles. The normalized spacial score (nSPS) is 10.9. The van der Waals surface area contributed by atoms with Crippen LogP contribution in [0.1, 0.15) is 22.5 Å². The summed E-state index contributed by atoms with van der Waals surface area (Å²) in [6.45, 7) is 3.57. The van der Waals surface area contributed by atoms with Crippen molar-refractivity contribution in [1.29, 1.82) is 0 Å². The van der Waals surface area contributed by atoms with Gasteiger partial charge < -0.3 is 9.47 Å². The Bertz CT molecular complexity index is 569. The Balaban J connectivity index is 2.81. The zero-order valence-corrected chi connectivity index (χ0v) is 12.7. The van der Waals surface area contributed by atoms with Gasteiger partial charge in [-0.25, -0.2) is 9.59 Å². The molecule has 0 unspecified atom stereocenters. The largest absolute Gasteiger partial charge is 0.466 e. The number of ether oxygens (including phenoxy) is 2. The Morgan fingerprint density at radius 3 is 2.38 bits per heavy atom. The van der Waals surface area contributed by atoms with Crippen LogP contribution in [0.15, 0.2) is 41.3 Å². The lowest BCUT2D eigenvalue weighted by molar-refractivity contribution is -0.137. The number of methoxy groups -OCH3 is 2. The van der Waals surface area contributed by atoms with E-state index >= 15 is 0 Å². The van der Waals surface area contributed by atoms with Gasteiger partial charge >= 0.3 is 11.9 Å². The predicted molar refractivity (Wildman–Crippen MR) is 79.1 cm³/mol. The second kappa shape index (κ2) is 8.16. The first-order valence-corrected chi connectivity index (χ1v) is 7.00. The van der Waals surface area contributed by atoms with E-state index in [1.54, 1.807) is 17.5 Å². The molecule has 0 aromatic carbocycles. The van der Waals surface area contributed by atoms with Gasteiger partial charge in [-0.2, -0.15) is 0 Å². The van der Waals surface area contributed by atoms with Crippen molar-refractivity contribution >= 4 is 29.1 Å². The van der Waals surface area contributed by atoms with Crippen molar-refractivity contribution in [2.24, 2.45) is 0 Å². The van der Waals surface area contributed by atoms with Crippen LogP contribution in [-0.2, 0) is 19.1 Å². The highest BCUT2D eigenvalue weighted by Crippen LogP contribution is 2.16. The minimum absolute atomic E-state index is 0.178. The third-order valence-electron chi connectivity index (χ3n) is 2.69. The van der Waals surface area contributed by atoms with Gasteiger partial charge in [-0.05, 0) is 30.4 Å². The van der Waals surface area contributed by atoms with Crippen LogP contribution in [0.25, 0.3) is 0 Å². The molecule has 1 aromatic heterocycles. The highest BCUT2D eigenvalue weighted by atomic mass is 32.1. The second-order valence-electron chi connectivity index (χ2n) is 4.10. The van der Waals surface area contributed by atoms with Crippen LogP contribution in [0.3, 0.4) is 0 Å². The topological polar surface area (TPSA) is 69.7 Å². The standard InChI is InChI=1S/C15H16O5S/c1-10(14(17)19-2)6-7-11(15(18)20-3)9-12(16)13-5-4-8-21-13/h4-5,8-9H,1,6-7H2,2-3H3/b11-9+. The Labute approximate surface area is 126 Å². The average Bonchev–Trinajstić information content (AvgIpc) is 3.03. The van der Waals surface area contributed by atoms with Gasteiger partial charge in [-0.1, -0.05) is 12.6 Å². The molecule has 5 nitrogen and oxygen atoms in total. The van der Waals surface area contributed by atoms with Gasteiger partial charge in [0.2, 0.25) is 0 Å². The van der Waals surface area contributed by atoms with Gasteiger partial charge in [0.15, 0.2) is 5.78 Å². The summed E-state index contributed by atoms with van der Waals surface area (Å²) in [7, 11) is 2.49. The number of hydrogen-bond donors (Lipinski definition) is 0. The summed E-state index contributed by atoms with van der Waals surface area (Å²) in [4.78, 5) is 35.4. The molecule has 0 bridgehead atoms. The van der Waals surface area contributed by atoms with Crippen LogP contribution in [0.5, 0.6) is 0 Å². The number of thiophene rings is 1. The Morgan fingerprint density at radius 2 is 1.86 bits per heavy atom. The Kier molecular flexibility index (Phi) is 6.55. The van der Waals surface area contributed by atoms with E-state index in [4.69, 9.17) is 0 Å². The van der Waals surface area contributed by atoms with Gasteiger partial charge in [-0.3, -0.25) is 4.79 Å². The number of allylic oxidation sites excluding steroid dienone is 1. The third-order valence-corrected chi connectivity index (χ3v) is 3.57. The van der Waals surface area contributed by atoms with E-state index in [2.05, 4.69) is 16.1 Å². The summed E-state index contributed by atoms with van der Waals surface area (Å²) < 4.78 is 9.18. The molecule has 1 aromatic rings. The van der Waals surface area contributed by atoms with Gasteiger partial charge in [0.1, 0.15) is 0 Å². The molecule has 112 valence electrons. The van der Waals surface area contributed by atoms with Crippen LogP contribution in [0.2, 0.25) is 0 Å². The van der Waals surface area contributed by atoms with E-state index in [0.29, 0.717) is 4.88 Å². The van der Waals surface area contributed by atoms with E-state index in [0.717, 1.165) is 0 Å². The molecular weight excluding hydrogens is 292 g/mol. The van der Waals surface area contributed by atoms with E-state index < -0.39 is 11.9 Å². The third kappa shape index (κ3) is 5.00. The molecule has 0 saturated heterocycles. The maximum Gasteiger partial charge on any atom is 0.333 e. The highest BCUT2D eigenvalue weighted by molar-refractivity contribution is 7.12. The smallest absolute Gasteiger partial charge is 0.333 e. The lowest BCUT2D eigenvalue weighted by Gasteiger charge is -2.06. The van der Waals surface area contributed by atoms with Crippen LogP contribution >= 0.6 is 11.3 Å². The summed E-state index contributed by atoms with van der Waals surface area (Å²) in [5.41, 5.74) is 0.428. The van der Waals surface area contributed by atoms with E-state index in [1.165, 1.54) is 31.6 Å².